The van der Waals surface area contributed by atoms with Crippen LogP contribution in [0.4, 0.5) is 4.39 Å². The van der Waals surface area contributed by atoms with Crippen molar-refractivity contribution in [2.75, 3.05) is 13.1 Å². The lowest BCUT2D eigenvalue weighted by molar-refractivity contribution is -0.131. The lowest BCUT2D eigenvalue weighted by Gasteiger charge is -2.36. The van der Waals surface area contributed by atoms with Gasteiger partial charge in [-0.2, -0.15) is 0 Å². The van der Waals surface area contributed by atoms with E-state index < -0.39 is 0 Å². The van der Waals surface area contributed by atoms with Crippen molar-refractivity contribution in [1.29, 1.82) is 0 Å². The number of nitrogens with zero attached hydrogens (tertiary/aromatic N) is 2. The number of benzene rings is 1. The van der Waals surface area contributed by atoms with Crippen molar-refractivity contribution < 1.29 is 13.6 Å². The van der Waals surface area contributed by atoms with E-state index in [0.717, 1.165) is 12.1 Å². The minimum atomic E-state index is -0.285. The zero-order valence-corrected chi connectivity index (χ0v) is 13.3. The molecule has 0 bridgehead atoms. The van der Waals surface area contributed by atoms with Crippen LogP contribution in [0.15, 0.2) is 34.9 Å². The molecule has 1 atom stereocenters. The van der Waals surface area contributed by atoms with Crippen LogP contribution in [0.2, 0.25) is 0 Å². The van der Waals surface area contributed by atoms with E-state index in [1.54, 1.807) is 18.3 Å². The van der Waals surface area contributed by atoms with Gasteiger partial charge < -0.3 is 9.73 Å². The highest BCUT2D eigenvalue weighted by atomic mass is 19.1. The minimum absolute atomic E-state index is 0.0524. The molecule has 0 radical (unpaired) electrons. The van der Waals surface area contributed by atoms with E-state index in [0.29, 0.717) is 24.7 Å². The summed E-state index contributed by atoms with van der Waals surface area (Å²) in [6.07, 6.45) is 1.64. The molecule has 0 spiro atoms. The molecule has 23 heavy (non-hydrogen) atoms. The van der Waals surface area contributed by atoms with Gasteiger partial charge in [0, 0.05) is 18.7 Å². The van der Waals surface area contributed by atoms with Gasteiger partial charge in [-0.05, 0) is 30.2 Å². The normalized spacial score (nSPS) is 19.1. The average Bonchev–Trinajstić information content (AvgIpc) is 2.96. The summed E-state index contributed by atoms with van der Waals surface area (Å²) in [5, 5.41) is 2.90. The van der Waals surface area contributed by atoms with E-state index in [1.165, 1.54) is 12.1 Å². The van der Waals surface area contributed by atoms with Gasteiger partial charge in [0.2, 0.25) is 11.8 Å². The molecule has 2 aromatic rings. The van der Waals surface area contributed by atoms with Gasteiger partial charge in [-0.15, -0.1) is 0 Å². The second-order valence-corrected chi connectivity index (χ2v) is 6.08. The van der Waals surface area contributed by atoms with Gasteiger partial charge in [0.25, 0.3) is 0 Å². The third kappa shape index (κ3) is 3.42. The molecule has 3 rings (SSSR count). The van der Waals surface area contributed by atoms with Crippen LogP contribution in [0.1, 0.15) is 19.7 Å². The predicted octanol–water partition coefficient (Wildman–Crippen LogP) is 2.44. The van der Waals surface area contributed by atoms with Crippen molar-refractivity contribution in [3.8, 4) is 11.3 Å². The first-order valence-electron chi connectivity index (χ1n) is 7.77. The fourth-order valence-electron chi connectivity index (χ4n) is 2.94. The number of halogens is 1. The highest BCUT2D eigenvalue weighted by Crippen LogP contribution is 2.23. The predicted molar refractivity (Wildman–Crippen MR) is 83.9 cm³/mol. The number of carbonyl (C=O) groups excluding carboxylic acids is 1. The van der Waals surface area contributed by atoms with Crippen LogP contribution in [0.5, 0.6) is 0 Å². The summed E-state index contributed by atoms with van der Waals surface area (Å²) in [4.78, 5) is 18.4. The van der Waals surface area contributed by atoms with Crippen molar-refractivity contribution in [3.63, 3.8) is 0 Å². The first-order chi connectivity index (χ1) is 11.0. The summed E-state index contributed by atoms with van der Waals surface area (Å²) in [6.45, 7) is 5.94. The lowest BCUT2D eigenvalue weighted by Crippen LogP contribution is -2.56. The topological polar surface area (TPSA) is 58.4 Å². The Hall–Kier alpha value is -2.21. The number of amides is 1. The summed E-state index contributed by atoms with van der Waals surface area (Å²) >= 11 is 0. The third-order valence-electron chi connectivity index (χ3n) is 4.01. The van der Waals surface area contributed by atoms with E-state index >= 15 is 0 Å². The van der Waals surface area contributed by atoms with Crippen molar-refractivity contribution in [2.45, 2.75) is 26.4 Å². The number of oxazole rings is 1. The molecule has 2 heterocycles. The molecular formula is C17H20FN3O2. The van der Waals surface area contributed by atoms with Crippen LogP contribution in [0.25, 0.3) is 11.3 Å². The zero-order chi connectivity index (χ0) is 16.4. The van der Waals surface area contributed by atoms with Gasteiger partial charge in [0.1, 0.15) is 5.82 Å². The molecular weight excluding hydrogens is 297 g/mol. The van der Waals surface area contributed by atoms with Crippen LogP contribution in [-0.4, -0.2) is 34.9 Å². The van der Waals surface area contributed by atoms with Gasteiger partial charge >= 0.3 is 0 Å². The van der Waals surface area contributed by atoms with Crippen LogP contribution < -0.4 is 5.32 Å². The van der Waals surface area contributed by atoms with Crippen LogP contribution in [0, 0.1) is 11.7 Å². The maximum atomic E-state index is 13.0. The largest absolute Gasteiger partial charge is 0.439 e. The third-order valence-corrected chi connectivity index (χ3v) is 4.01. The smallest absolute Gasteiger partial charge is 0.237 e. The molecule has 1 unspecified atom stereocenters. The lowest BCUT2D eigenvalue weighted by atomic mass is 10.00. The Morgan fingerprint density at radius 3 is 2.83 bits per heavy atom. The van der Waals surface area contributed by atoms with E-state index in [1.807, 2.05) is 13.8 Å². The molecule has 6 heteroatoms. The SMILES string of the molecule is CC(C)C1C(=O)NCCN1Cc1ncc(-c2ccc(F)cc2)o1. The van der Waals surface area contributed by atoms with Crippen molar-refractivity contribution in [3.05, 3.63) is 42.2 Å². The molecule has 0 saturated carbocycles. The fraction of sp³-hybridized carbons (Fsp3) is 0.412. The Morgan fingerprint density at radius 2 is 2.13 bits per heavy atom. The number of piperazine rings is 1. The number of rotatable bonds is 4. The Balaban J connectivity index is 1.75. The van der Waals surface area contributed by atoms with Gasteiger partial charge in [0.15, 0.2) is 5.76 Å². The first kappa shape index (κ1) is 15.7. The molecule has 122 valence electrons. The van der Waals surface area contributed by atoms with E-state index in [4.69, 9.17) is 4.42 Å². The van der Waals surface area contributed by atoms with E-state index in [-0.39, 0.29) is 23.7 Å². The van der Waals surface area contributed by atoms with Crippen molar-refractivity contribution in [2.24, 2.45) is 5.92 Å². The van der Waals surface area contributed by atoms with Crippen molar-refractivity contribution >= 4 is 5.91 Å². The Bertz CT molecular complexity index is 681. The molecule has 1 aromatic carbocycles. The van der Waals surface area contributed by atoms with Gasteiger partial charge in [-0.3, -0.25) is 9.69 Å². The summed E-state index contributed by atoms with van der Waals surface area (Å²) in [7, 11) is 0. The van der Waals surface area contributed by atoms with E-state index in [2.05, 4.69) is 15.2 Å². The molecule has 1 aliphatic rings. The Morgan fingerprint density at radius 1 is 1.39 bits per heavy atom. The summed E-state index contributed by atoms with van der Waals surface area (Å²) in [5.41, 5.74) is 0.780. The van der Waals surface area contributed by atoms with Crippen LogP contribution >= 0.6 is 0 Å². The van der Waals surface area contributed by atoms with Crippen LogP contribution in [0.3, 0.4) is 0 Å². The molecule has 1 aromatic heterocycles. The number of hydrogen-bond donors (Lipinski definition) is 1. The molecule has 1 N–H and O–H groups in total. The zero-order valence-electron chi connectivity index (χ0n) is 13.3. The molecule has 1 fully saturated rings. The average molecular weight is 317 g/mol. The Labute approximate surface area is 134 Å². The molecule has 1 aliphatic heterocycles. The summed E-state index contributed by atoms with van der Waals surface area (Å²) < 4.78 is 18.7. The molecule has 0 aliphatic carbocycles. The number of hydrogen-bond acceptors (Lipinski definition) is 4. The highest BCUT2D eigenvalue weighted by Gasteiger charge is 2.32. The molecule has 5 nitrogen and oxygen atoms in total. The van der Waals surface area contributed by atoms with Gasteiger partial charge in [-0.1, -0.05) is 13.8 Å². The highest BCUT2D eigenvalue weighted by molar-refractivity contribution is 5.82. The van der Waals surface area contributed by atoms with E-state index in [9.17, 15) is 9.18 Å². The number of aromatic nitrogens is 1. The number of carbonyl (C=O) groups is 1. The van der Waals surface area contributed by atoms with Crippen LogP contribution in [-0.2, 0) is 11.3 Å². The summed E-state index contributed by atoms with van der Waals surface area (Å²) in [6, 6.07) is 5.92. The monoisotopic (exact) mass is 317 g/mol. The first-order valence-corrected chi connectivity index (χ1v) is 7.77. The fourth-order valence-corrected chi connectivity index (χ4v) is 2.94. The second kappa shape index (κ2) is 6.50. The number of nitrogens with one attached hydrogen (secondary N) is 1. The second-order valence-electron chi connectivity index (χ2n) is 6.08. The standard InChI is InChI=1S/C17H20FN3O2/c1-11(2)16-17(22)19-7-8-21(16)10-15-20-9-14(23-15)12-3-5-13(18)6-4-12/h3-6,9,11,16H,7-8,10H2,1-2H3,(H,19,22). The minimum Gasteiger partial charge on any atom is -0.439 e. The van der Waals surface area contributed by atoms with Gasteiger partial charge in [-0.25, -0.2) is 9.37 Å². The quantitative estimate of drug-likeness (QED) is 0.941. The maximum Gasteiger partial charge on any atom is 0.237 e. The Kier molecular flexibility index (Phi) is 4.43. The summed E-state index contributed by atoms with van der Waals surface area (Å²) in [5.74, 6) is 1.14. The maximum absolute atomic E-state index is 13.0. The molecule has 1 amide bonds. The molecule has 1 saturated heterocycles. The van der Waals surface area contributed by atoms with Gasteiger partial charge in [0.05, 0.1) is 18.8 Å². The van der Waals surface area contributed by atoms with Crippen molar-refractivity contribution in [1.82, 2.24) is 15.2 Å².